The van der Waals surface area contributed by atoms with E-state index in [2.05, 4.69) is 16.0 Å². The van der Waals surface area contributed by atoms with Crippen molar-refractivity contribution in [3.63, 3.8) is 0 Å². The summed E-state index contributed by atoms with van der Waals surface area (Å²) in [7, 11) is 0. The van der Waals surface area contributed by atoms with E-state index in [1.54, 1.807) is 12.1 Å². The van der Waals surface area contributed by atoms with Gasteiger partial charge in [0.15, 0.2) is 0 Å². The fraction of sp³-hybridized carbons (Fsp3) is 0.276. The van der Waals surface area contributed by atoms with Gasteiger partial charge in [-0.1, -0.05) is 45.0 Å². The van der Waals surface area contributed by atoms with Gasteiger partial charge in [0.25, 0.3) is 0 Å². The van der Waals surface area contributed by atoms with E-state index in [1.165, 1.54) is 4.68 Å². The maximum atomic E-state index is 14.1. The minimum Gasteiger partial charge on any atom is -0.394 e. The second-order valence-corrected chi connectivity index (χ2v) is 10.4. The molecule has 3 aromatic carbocycles. The molecule has 4 rings (SSSR count). The smallest absolute Gasteiger partial charge is 0.324 e. The number of halogens is 2. The van der Waals surface area contributed by atoms with Crippen molar-refractivity contribution in [3.05, 3.63) is 83.6 Å². The van der Waals surface area contributed by atoms with E-state index in [1.807, 2.05) is 51.1 Å². The minimum atomic E-state index is -0.800. The number of carbonyl (C=O) groups excluding carboxylic acids is 2. The highest BCUT2D eigenvalue weighted by atomic mass is 19.1. The van der Waals surface area contributed by atoms with Crippen molar-refractivity contribution < 1.29 is 28.6 Å². The number of carbonyl (C=O) groups is 2. The number of aromatic nitrogens is 2. The summed E-state index contributed by atoms with van der Waals surface area (Å²) in [6, 6.07) is 13.9. The highest BCUT2D eigenvalue weighted by Gasteiger charge is 2.23. The van der Waals surface area contributed by atoms with Crippen LogP contribution in [0.5, 0.6) is 0 Å². The third kappa shape index (κ3) is 6.61. The summed E-state index contributed by atoms with van der Waals surface area (Å²) >= 11 is 0. The van der Waals surface area contributed by atoms with Gasteiger partial charge in [-0.3, -0.25) is 10.1 Å². The molecule has 0 unspecified atom stereocenters. The van der Waals surface area contributed by atoms with Crippen molar-refractivity contribution in [2.75, 3.05) is 23.8 Å². The molecule has 1 heterocycles. The molecule has 0 spiro atoms. The lowest BCUT2D eigenvalue weighted by Gasteiger charge is -2.16. The molecule has 40 heavy (non-hydrogen) atoms. The zero-order valence-electron chi connectivity index (χ0n) is 22.3. The highest BCUT2D eigenvalue weighted by molar-refractivity contribution is 5.99. The molecule has 9 nitrogen and oxygen atoms in total. The molecule has 0 aliphatic carbocycles. The summed E-state index contributed by atoms with van der Waals surface area (Å²) in [6.07, 6.45) is -0.0413. The van der Waals surface area contributed by atoms with Crippen LogP contribution in [0.4, 0.5) is 25.1 Å². The number of hydrogen-bond donors (Lipinski definition) is 5. The topological polar surface area (TPSA) is 129 Å². The van der Waals surface area contributed by atoms with E-state index in [-0.39, 0.29) is 23.8 Å². The first-order valence-electron chi connectivity index (χ1n) is 12.6. The van der Waals surface area contributed by atoms with Gasteiger partial charge in [-0.15, -0.1) is 0 Å². The van der Waals surface area contributed by atoms with Gasteiger partial charge in [-0.25, -0.2) is 18.3 Å². The van der Waals surface area contributed by atoms with Gasteiger partial charge in [0, 0.05) is 17.5 Å². The van der Waals surface area contributed by atoms with E-state index >= 15 is 0 Å². The number of hydrogen-bond acceptors (Lipinski definition) is 5. The number of nitrogens with zero attached hydrogens (tertiary/aromatic N) is 2. The number of benzene rings is 3. The molecule has 0 fully saturated rings. The summed E-state index contributed by atoms with van der Waals surface area (Å²) < 4.78 is 29.2. The van der Waals surface area contributed by atoms with E-state index in [4.69, 9.17) is 5.10 Å². The first-order chi connectivity index (χ1) is 19.0. The molecule has 0 atom stereocenters. The second-order valence-electron chi connectivity index (χ2n) is 10.4. The predicted molar refractivity (Wildman–Crippen MR) is 149 cm³/mol. The summed E-state index contributed by atoms with van der Waals surface area (Å²) in [5, 5.41) is 32.6. The molecule has 3 amide bonds. The third-order valence-electron chi connectivity index (χ3n) is 6.23. The monoisotopic (exact) mass is 551 g/mol. The molecule has 4 aromatic rings. The number of amides is 3. The van der Waals surface area contributed by atoms with Crippen LogP contribution in [0.25, 0.3) is 16.5 Å². The number of urea groups is 1. The van der Waals surface area contributed by atoms with Crippen LogP contribution in [0.1, 0.15) is 32.0 Å². The van der Waals surface area contributed by atoms with E-state index < -0.39 is 42.3 Å². The lowest BCUT2D eigenvalue weighted by atomic mass is 9.92. The standard InChI is InChI=1S/C29H31F2N5O4/c1-29(2,3)25-14-26(34-28(40)33-24-13-19(30)8-9-23(24)31)36(35-25)21-10-17-6-4-5-7-22(17)18(11-21)12-27(39)32-20(15-37)16-38/h4-11,13-14,20,37-38H,12,15-16H2,1-3H3,(H,32,39)(H2,33,34,40). The average molecular weight is 552 g/mol. The second kappa shape index (κ2) is 11.8. The fourth-order valence-corrected chi connectivity index (χ4v) is 4.14. The van der Waals surface area contributed by atoms with Crippen molar-refractivity contribution in [1.29, 1.82) is 0 Å². The summed E-state index contributed by atoms with van der Waals surface area (Å²) in [5.74, 6) is -1.61. The fourth-order valence-electron chi connectivity index (χ4n) is 4.14. The van der Waals surface area contributed by atoms with Crippen molar-refractivity contribution in [3.8, 4) is 5.69 Å². The number of nitrogens with one attached hydrogen (secondary N) is 3. The van der Waals surface area contributed by atoms with Gasteiger partial charge in [-0.2, -0.15) is 5.10 Å². The molecule has 0 saturated carbocycles. The number of anilines is 2. The van der Waals surface area contributed by atoms with Gasteiger partial charge in [0.2, 0.25) is 5.91 Å². The van der Waals surface area contributed by atoms with Crippen molar-refractivity contribution >= 4 is 34.2 Å². The Kier molecular flexibility index (Phi) is 8.46. The van der Waals surface area contributed by atoms with Crippen LogP contribution in [0, 0.1) is 11.6 Å². The maximum Gasteiger partial charge on any atom is 0.324 e. The average Bonchev–Trinajstić information content (AvgIpc) is 3.33. The highest BCUT2D eigenvalue weighted by Crippen LogP contribution is 2.30. The Morgan fingerprint density at radius 2 is 1.70 bits per heavy atom. The molecule has 5 N–H and O–H groups in total. The molecule has 0 aliphatic rings. The van der Waals surface area contributed by atoms with Gasteiger partial charge in [-0.05, 0) is 40.6 Å². The largest absolute Gasteiger partial charge is 0.394 e. The molecule has 0 bridgehead atoms. The Bertz CT molecular complexity index is 1540. The molecule has 11 heteroatoms. The number of rotatable bonds is 8. The van der Waals surface area contributed by atoms with E-state index in [0.717, 1.165) is 29.0 Å². The Labute approximate surface area is 229 Å². The molecule has 0 radical (unpaired) electrons. The third-order valence-corrected chi connectivity index (χ3v) is 6.23. The predicted octanol–water partition coefficient (Wildman–Crippen LogP) is 4.26. The number of aliphatic hydroxyl groups is 2. The van der Waals surface area contributed by atoms with Crippen molar-refractivity contribution in [2.45, 2.75) is 38.6 Å². The van der Waals surface area contributed by atoms with Crippen LogP contribution < -0.4 is 16.0 Å². The molecular formula is C29H31F2N5O4. The molecule has 0 saturated heterocycles. The molecular weight excluding hydrogens is 520 g/mol. The first kappa shape index (κ1) is 28.7. The van der Waals surface area contributed by atoms with Crippen molar-refractivity contribution in [2.24, 2.45) is 0 Å². The lowest BCUT2D eigenvalue weighted by Crippen LogP contribution is -2.40. The first-order valence-corrected chi connectivity index (χ1v) is 12.6. The van der Waals surface area contributed by atoms with E-state index in [0.29, 0.717) is 16.9 Å². The Morgan fingerprint density at radius 3 is 2.40 bits per heavy atom. The molecule has 210 valence electrons. The summed E-state index contributed by atoms with van der Waals surface area (Å²) in [6.45, 7) is 5.08. The van der Waals surface area contributed by atoms with Gasteiger partial charge in [0.05, 0.1) is 42.7 Å². The zero-order valence-corrected chi connectivity index (χ0v) is 22.3. The lowest BCUT2D eigenvalue weighted by molar-refractivity contribution is -0.121. The SMILES string of the molecule is CC(C)(C)c1cc(NC(=O)Nc2cc(F)ccc2F)n(-c2cc(CC(=O)NC(CO)CO)c3ccccc3c2)n1. The van der Waals surface area contributed by atoms with Crippen LogP contribution in [0.3, 0.4) is 0 Å². The number of aliphatic hydroxyl groups excluding tert-OH is 2. The zero-order chi connectivity index (χ0) is 29.0. The quantitative estimate of drug-likeness (QED) is 0.224. The van der Waals surface area contributed by atoms with Gasteiger partial charge >= 0.3 is 6.03 Å². The Balaban J connectivity index is 1.73. The summed E-state index contributed by atoms with van der Waals surface area (Å²) in [5.41, 5.74) is 1.15. The molecule has 1 aromatic heterocycles. The van der Waals surface area contributed by atoms with Crippen LogP contribution in [0.2, 0.25) is 0 Å². The molecule has 0 aliphatic heterocycles. The summed E-state index contributed by atoms with van der Waals surface area (Å²) in [4.78, 5) is 25.6. The van der Waals surface area contributed by atoms with Crippen LogP contribution >= 0.6 is 0 Å². The van der Waals surface area contributed by atoms with Crippen LogP contribution in [-0.4, -0.2) is 51.2 Å². The minimum absolute atomic E-state index is 0.0413. The normalized spacial score (nSPS) is 11.6. The Hall–Kier alpha value is -4.35. The van der Waals surface area contributed by atoms with E-state index in [9.17, 15) is 28.6 Å². The van der Waals surface area contributed by atoms with Gasteiger partial charge in [0.1, 0.15) is 17.5 Å². The van der Waals surface area contributed by atoms with Crippen LogP contribution in [-0.2, 0) is 16.6 Å². The number of fused-ring (bicyclic) bond motifs is 1. The Morgan fingerprint density at radius 1 is 0.975 bits per heavy atom. The van der Waals surface area contributed by atoms with Crippen molar-refractivity contribution in [1.82, 2.24) is 15.1 Å². The maximum absolute atomic E-state index is 14.1. The van der Waals surface area contributed by atoms with Crippen LogP contribution in [0.15, 0.2) is 60.7 Å². The van der Waals surface area contributed by atoms with Gasteiger partial charge < -0.3 is 20.8 Å².